The van der Waals surface area contributed by atoms with Gasteiger partial charge in [-0.1, -0.05) is 0 Å². The van der Waals surface area contributed by atoms with Gasteiger partial charge in [0.2, 0.25) is 6.79 Å². The zero-order valence-corrected chi connectivity index (χ0v) is 22.4. The van der Waals surface area contributed by atoms with Crippen LogP contribution in [0.4, 0.5) is 0 Å². The molecule has 9 nitrogen and oxygen atoms in total. The number of fused-ring (bicyclic) bond motifs is 5. The number of hydrogen-bond donors (Lipinski definition) is 0. The van der Waals surface area contributed by atoms with Crippen LogP contribution in [0.15, 0.2) is 33.5 Å². The molecule has 0 bridgehead atoms. The molecule has 2 aromatic carbocycles. The van der Waals surface area contributed by atoms with Crippen LogP contribution >= 0.6 is 15.9 Å². The van der Waals surface area contributed by atoms with Gasteiger partial charge in [0.05, 0.1) is 22.7 Å². The van der Waals surface area contributed by atoms with Gasteiger partial charge in [-0.05, 0) is 65.6 Å². The van der Waals surface area contributed by atoms with E-state index in [0.717, 1.165) is 53.0 Å². The monoisotopic (exact) mass is 569 g/mol. The van der Waals surface area contributed by atoms with Crippen molar-refractivity contribution < 1.29 is 23.7 Å². The first-order chi connectivity index (χ1) is 18.0. The lowest BCUT2D eigenvalue weighted by Gasteiger charge is -2.32. The second kappa shape index (κ2) is 9.57. The van der Waals surface area contributed by atoms with Crippen LogP contribution in [0, 0.1) is 0 Å². The highest BCUT2D eigenvalue weighted by molar-refractivity contribution is 9.10. The molecule has 3 aliphatic rings. The first kappa shape index (κ1) is 24.1. The van der Waals surface area contributed by atoms with E-state index in [1.807, 2.05) is 25.2 Å². The van der Waals surface area contributed by atoms with E-state index in [4.69, 9.17) is 18.9 Å². The Hall–Kier alpha value is -3.24. The van der Waals surface area contributed by atoms with Crippen LogP contribution in [0.5, 0.6) is 23.0 Å². The van der Waals surface area contributed by atoms with Crippen LogP contribution in [0.3, 0.4) is 0 Å². The third-order valence-corrected chi connectivity index (χ3v) is 8.19. The second-order valence-corrected chi connectivity index (χ2v) is 10.4. The first-order valence-electron chi connectivity index (χ1n) is 12.4. The molecule has 3 aliphatic heterocycles. The van der Waals surface area contributed by atoms with E-state index in [2.05, 4.69) is 20.8 Å². The molecule has 0 atom stereocenters. The molecule has 1 aromatic heterocycles. The Kier molecular flexibility index (Phi) is 6.24. The number of pyridine rings is 1. The molecular weight excluding hydrogens is 542 g/mol. The van der Waals surface area contributed by atoms with Crippen molar-refractivity contribution >= 4 is 32.6 Å². The Morgan fingerprint density at radius 2 is 1.84 bits per heavy atom. The third-order valence-electron chi connectivity index (χ3n) is 7.39. The number of halogens is 1. The minimum absolute atomic E-state index is 0.105. The number of carbonyl (C=O) groups excluding carboxylic acids is 1. The van der Waals surface area contributed by atoms with Crippen molar-refractivity contribution in [3.8, 4) is 34.3 Å². The highest BCUT2D eigenvalue weighted by Crippen LogP contribution is 2.45. The Bertz CT molecular complexity index is 1460. The first-order valence-corrected chi connectivity index (χ1v) is 13.2. The number of ether oxygens (including phenoxy) is 4. The summed E-state index contributed by atoms with van der Waals surface area (Å²) in [6, 6.07) is 7.60. The van der Waals surface area contributed by atoms with Gasteiger partial charge in [-0.2, -0.15) is 0 Å². The maximum Gasteiger partial charge on any atom is 0.262 e. The lowest BCUT2D eigenvalue weighted by Crippen LogP contribution is -2.48. The maximum atomic E-state index is 14.0. The topological polar surface area (TPSA) is 82.5 Å². The lowest BCUT2D eigenvalue weighted by molar-refractivity contribution is -0.134. The number of piperazine rings is 1. The Balaban J connectivity index is 1.45. The number of aromatic nitrogens is 1. The van der Waals surface area contributed by atoms with E-state index < -0.39 is 0 Å². The molecule has 0 aliphatic carbocycles. The number of likely N-dealkylation sites (N-methyl/N-ethyl adjacent to an activating group) is 1. The van der Waals surface area contributed by atoms with Crippen LogP contribution < -0.4 is 24.5 Å². The largest absolute Gasteiger partial charge is 0.493 e. The van der Waals surface area contributed by atoms with Crippen LogP contribution in [0.25, 0.3) is 22.0 Å². The predicted octanol–water partition coefficient (Wildman–Crippen LogP) is 3.27. The van der Waals surface area contributed by atoms with Gasteiger partial charge in [0.1, 0.15) is 0 Å². The quantitative estimate of drug-likeness (QED) is 0.477. The van der Waals surface area contributed by atoms with Gasteiger partial charge in [-0.25, -0.2) is 0 Å². The van der Waals surface area contributed by atoms with E-state index in [1.54, 1.807) is 15.5 Å². The van der Waals surface area contributed by atoms with Gasteiger partial charge in [-0.3, -0.25) is 9.59 Å². The summed E-state index contributed by atoms with van der Waals surface area (Å²) in [6.45, 7) is 3.54. The van der Waals surface area contributed by atoms with Gasteiger partial charge >= 0.3 is 0 Å². The fourth-order valence-electron chi connectivity index (χ4n) is 5.34. The van der Waals surface area contributed by atoms with Gasteiger partial charge in [0.15, 0.2) is 29.6 Å². The van der Waals surface area contributed by atoms with Gasteiger partial charge in [-0.15, -0.1) is 0 Å². The number of amides is 1. The van der Waals surface area contributed by atoms with Crippen LogP contribution in [0.1, 0.15) is 12.0 Å². The smallest absolute Gasteiger partial charge is 0.262 e. The number of hydrogen-bond acceptors (Lipinski definition) is 7. The Morgan fingerprint density at radius 3 is 2.59 bits per heavy atom. The normalized spacial score (nSPS) is 16.8. The van der Waals surface area contributed by atoms with Crippen LogP contribution in [-0.2, 0) is 17.8 Å². The zero-order chi connectivity index (χ0) is 25.7. The molecule has 194 valence electrons. The number of aryl methyl sites for hydroxylation is 1. The molecule has 1 amide bonds. The minimum atomic E-state index is -0.181. The number of nitrogens with zero attached hydrogens (tertiary/aromatic N) is 3. The van der Waals surface area contributed by atoms with E-state index in [-0.39, 0.29) is 24.9 Å². The highest BCUT2D eigenvalue weighted by Gasteiger charge is 2.28. The number of rotatable bonds is 4. The van der Waals surface area contributed by atoms with Crippen molar-refractivity contribution in [1.82, 2.24) is 14.4 Å². The molecule has 6 rings (SSSR count). The maximum absolute atomic E-state index is 14.0. The van der Waals surface area contributed by atoms with Gasteiger partial charge < -0.3 is 33.3 Å². The Labute approximate surface area is 222 Å². The lowest BCUT2D eigenvalue weighted by atomic mass is 9.99. The fourth-order valence-corrected chi connectivity index (χ4v) is 6.10. The summed E-state index contributed by atoms with van der Waals surface area (Å²) in [6.07, 6.45) is 1.60. The summed E-state index contributed by atoms with van der Waals surface area (Å²) in [5, 5.41) is 1.09. The number of carbonyl (C=O) groups is 1. The minimum Gasteiger partial charge on any atom is -0.493 e. The molecule has 1 saturated heterocycles. The number of benzene rings is 2. The average molecular weight is 570 g/mol. The predicted molar refractivity (Wildman–Crippen MR) is 142 cm³/mol. The van der Waals surface area contributed by atoms with E-state index in [0.29, 0.717) is 47.7 Å². The summed E-state index contributed by atoms with van der Waals surface area (Å²) in [5.41, 5.74) is 2.67. The molecule has 37 heavy (non-hydrogen) atoms. The molecule has 0 N–H and O–H groups in total. The molecule has 3 aromatic rings. The summed E-state index contributed by atoms with van der Waals surface area (Å²) < 4.78 is 25.4. The summed E-state index contributed by atoms with van der Waals surface area (Å²) in [7, 11) is 3.57. The van der Waals surface area contributed by atoms with Crippen molar-refractivity contribution in [2.45, 2.75) is 19.4 Å². The molecule has 0 spiro atoms. The Morgan fingerprint density at radius 1 is 1.08 bits per heavy atom. The molecule has 1 fully saturated rings. The van der Waals surface area contributed by atoms with Gasteiger partial charge in [0.25, 0.3) is 11.5 Å². The van der Waals surface area contributed by atoms with Crippen molar-refractivity contribution in [2.75, 3.05) is 53.7 Å². The molecule has 0 unspecified atom stereocenters. The average Bonchev–Trinajstić information content (AvgIpc) is 3.28. The molecular formula is C27H28BrN3O6. The van der Waals surface area contributed by atoms with E-state index in [9.17, 15) is 9.59 Å². The summed E-state index contributed by atoms with van der Waals surface area (Å²) >= 11 is 3.81. The van der Waals surface area contributed by atoms with Crippen LogP contribution in [-0.4, -0.2) is 74.0 Å². The molecule has 4 heterocycles. The van der Waals surface area contributed by atoms with Crippen molar-refractivity contribution in [3.63, 3.8) is 0 Å². The highest BCUT2D eigenvalue weighted by atomic mass is 79.9. The standard InChI is InChI=1S/C27H28BrN3O6/c1-29-8-10-30(11-9-29)22(32)14-35-26-19(34-2)6-5-17-23(26)27(33)31-7-3-4-16-12-20-21(37-15-36-20)13-18(16)25(31)24(17)28/h5-6,12-13H,3-4,7-11,14-15H2,1-2H3. The second-order valence-electron chi connectivity index (χ2n) is 9.58. The van der Waals surface area contributed by atoms with E-state index in [1.165, 1.54) is 7.11 Å². The number of methoxy groups -OCH3 is 1. The molecule has 0 saturated carbocycles. The molecule has 10 heteroatoms. The van der Waals surface area contributed by atoms with Crippen molar-refractivity contribution in [3.05, 3.63) is 44.7 Å². The molecule has 0 radical (unpaired) electrons. The van der Waals surface area contributed by atoms with Crippen LogP contribution in [0.2, 0.25) is 0 Å². The summed E-state index contributed by atoms with van der Waals surface area (Å²) in [4.78, 5) is 30.9. The SMILES string of the molecule is COc1ccc2c(Br)c3n(c(=O)c2c1OCC(=O)N1CCN(C)CC1)CCCc1cc2c(cc1-3)OCO2. The third kappa shape index (κ3) is 4.12. The van der Waals surface area contributed by atoms with E-state index >= 15 is 0 Å². The fraction of sp³-hybridized carbons (Fsp3) is 0.407. The zero-order valence-electron chi connectivity index (χ0n) is 20.8. The summed E-state index contributed by atoms with van der Waals surface area (Å²) in [5.74, 6) is 2.01. The van der Waals surface area contributed by atoms with Crippen molar-refractivity contribution in [2.24, 2.45) is 0 Å². The van der Waals surface area contributed by atoms with Gasteiger partial charge in [0, 0.05) is 43.7 Å². The van der Waals surface area contributed by atoms with Crippen molar-refractivity contribution in [1.29, 1.82) is 0 Å².